The molecule has 0 spiro atoms. The quantitative estimate of drug-likeness (QED) is 0.363. The number of ether oxygens (including phenoxy) is 1. The Morgan fingerprint density at radius 2 is 1.61 bits per heavy atom. The van der Waals surface area contributed by atoms with Crippen LogP contribution in [0.4, 0.5) is 5.69 Å². The van der Waals surface area contributed by atoms with Gasteiger partial charge in [0.15, 0.2) is 6.61 Å². The first kappa shape index (κ1) is 23.1. The van der Waals surface area contributed by atoms with Crippen molar-refractivity contribution >= 4 is 40.9 Å². The molecule has 4 rings (SSSR count). The zero-order valence-corrected chi connectivity index (χ0v) is 18.9. The topological polar surface area (TPSA) is 84.0 Å². The van der Waals surface area contributed by atoms with Crippen molar-refractivity contribution in [2.24, 2.45) is 0 Å². The SMILES string of the molecule is O=C(OCC(=O)c1ccccc1Cl)c1ccc(N2C(=O)CC(N3CCCCCC3)C2=O)cc1. The standard InChI is InChI=1S/C25H25ClN2O5/c26-20-8-4-3-7-19(20)22(29)16-33-25(32)17-9-11-18(12-10-17)28-23(30)15-21(24(28)31)27-13-5-1-2-6-14-27/h3-4,7-12,21H,1-2,5-6,13-16H2. The van der Waals surface area contributed by atoms with E-state index in [0.29, 0.717) is 10.7 Å². The van der Waals surface area contributed by atoms with E-state index in [4.69, 9.17) is 16.3 Å². The number of esters is 1. The second-order valence-corrected chi connectivity index (χ2v) is 8.67. The molecule has 2 amide bonds. The summed E-state index contributed by atoms with van der Waals surface area (Å²) in [5.74, 6) is -1.54. The third kappa shape index (κ3) is 5.15. The molecular formula is C25H25ClN2O5. The molecule has 8 heteroatoms. The minimum atomic E-state index is -0.677. The molecule has 0 radical (unpaired) electrons. The van der Waals surface area contributed by atoms with Gasteiger partial charge in [-0.1, -0.05) is 36.6 Å². The van der Waals surface area contributed by atoms with Crippen molar-refractivity contribution in [2.75, 3.05) is 24.6 Å². The van der Waals surface area contributed by atoms with Crippen molar-refractivity contribution in [1.29, 1.82) is 0 Å². The molecule has 2 aliphatic heterocycles. The lowest BCUT2D eigenvalue weighted by molar-refractivity contribution is -0.122. The molecule has 2 heterocycles. The van der Waals surface area contributed by atoms with E-state index in [0.717, 1.165) is 38.8 Å². The molecule has 2 aromatic rings. The Hall–Kier alpha value is -3.03. The fraction of sp³-hybridized carbons (Fsp3) is 0.360. The van der Waals surface area contributed by atoms with Crippen LogP contribution in [0.3, 0.4) is 0 Å². The van der Waals surface area contributed by atoms with Gasteiger partial charge in [-0.15, -0.1) is 0 Å². The summed E-state index contributed by atoms with van der Waals surface area (Å²) in [7, 11) is 0. The first-order valence-electron chi connectivity index (χ1n) is 11.1. The average molecular weight is 469 g/mol. The highest BCUT2D eigenvalue weighted by Gasteiger charge is 2.42. The van der Waals surface area contributed by atoms with Gasteiger partial charge in [0.05, 0.1) is 28.7 Å². The van der Waals surface area contributed by atoms with E-state index in [9.17, 15) is 19.2 Å². The molecule has 0 N–H and O–H groups in total. The summed E-state index contributed by atoms with van der Waals surface area (Å²) in [5.41, 5.74) is 0.923. The van der Waals surface area contributed by atoms with Crippen LogP contribution in [0.2, 0.25) is 5.02 Å². The minimum Gasteiger partial charge on any atom is -0.454 e. The Morgan fingerprint density at radius 1 is 0.939 bits per heavy atom. The molecule has 172 valence electrons. The molecule has 1 unspecified atom stereocenters. The summed E-state index contributed by atoms with van der Waals surface area (Å²) in [5, 5.41) is 0.293. The van der Waals surface area contributed by atoms with Crippen LogP contribution in [0.25, 0.3) is 0 Å². The van der Waals surface area contributed by atoms with Gasteiger partial charge in [0.25, 0.3) is 5.91 Å². The van der Waals surface area contributed by atoms with Gasteiger partial charge in [-0.05, 0) is 62.3 Å². The molecule has 1 atom stereocenters. The average Bonchev–Trinajstić information content (AvgIpc) is 2.99. The number of amides is 2. The van der Waals surface area contributed by atoms with Crippen molar-refractivity contribution in [3.05, 3.63) is 64.7 Å². The summed E-state index contributed by atoms with van der Waals surface area (Å²) in [4.78, 5) is 53.5. The smallest absolute Gasteiger partial charge is 0.338 e. The maximum absolute atomic E-state index is 13.0. The van der Waals surface area contributed by atoms with Crippen molar-refractivity contribution in [3.63, 3.8) is 0 Å². The number of halogens is 1. The first-order valence-corrected chi connectivity index (χ1v) is 11.5. The fourth-order valence-corrected chi connectivity index (χ4v) is 4.55. The molecule has 2 aromatic carbocycles. The van der Waals surface area contributed by atoms with E-state index in [1.165, 1.54) is 17.0 Å². The van der Waals surface area contributed by atoms with Crippen molar-refractivity contribution in [2.45, 2.75) is 38.1 Å². The molecular weight excluding hydrogens is 444 g/mol. The minimum absolute atomic E-state index is 0.173. The second kappa shape index (κ2) is 10.3. The number of Topliss-reactive ketones (excluding diaryl/α,β-unsaturated/α-hetero) is 1. The van der Waals surface area contributed by atoms with Gasteiger partial charge < -0.3 is 4.74 Å². The van der Waals surface area contributed by atoms with Crippen molar-refractivity contribution in [1.82, 2.24) is 4.90 Å². The number of carbonyl (C=O) groups is 4. The highest BCUT2D eigenvalue weighted by atomic mass is 35.5. The van der Waals surface area contributed by atoms with Crippen LogP contribution < -0.4 is 4.90 Å². The number of likely N-dealkylation sites (tertiary alicyclic amines) is 1. The Labute approximate surface area is 197 Å². The molecule has 2 fully saturated rings. The van der Waals surface area contributed by atoms with Crippen LogP contribution in [0.1, 0.15) is 52.8 Å². The number of imide groups is 1. The van der Waals surface area contributed by atoms with Crippen LogP contribution in [0.5, 0.6) is 0 Å². The normalized spacial score (nSPS) is 19.4. The Kier molecular flexibility index (Phi) is 7.20. The zero-order valence-electron chi connectivity index (χ0n) is 18.2. The van der Waals surface area contributed by atoms with E-state index in [-0.39, 0.29) is 29.4 Å². The molecule has 7 nitrogen and oxygen atoms in total. The zero-order chi connectivity index (χ0) is 23.4. The number of rotatable bonds is 6. The fourth-order valence-electron chi connectivity index (χ4n) is 4.31. The van der Waals surface area contributed by atoms with Gasteiger partial charge in [0.2, 0.25) is 11.7 Å². The summed E-state index contributed by atoms with van der Waals surface area (Å²) >= 11 is 6.00. The van der Waals surface area contributed by atoms with Gasteiger partial charge in [-0.2, -0.15) is 0 Å². The Bertz CT molecular complexity index is 1060. The van der Waals surface area contributed by atoms with Crippen molar-refractivity contribution in [3.8, 4) is 0 Å². The maximum atomic E-state index is 13.0. The number of benzene rings is 2. The lowest BCUT2D eigenvalue weighted by Crippen LogP contribution is -2.42. The summed E-state index contributed by atoms with van der Waals surface area (Å²) in [6, 6.07) is 12.2. The predicted octanol–water partition coefficient (Wildman–Crippen LogP) is 3.89. The van der Waals surface area contributed by atoms with Gasteiger partial charge in [0, 0.05) is 5.56 Å². The predicted molar refractivity (Wildman–Crippen MR) is 123 cm³/mol. The molecule has 0 bridgehead atoms. The molecule has 2 aliphatic rings. The summed E-state index contributed by atoms with van der Waals surface area (Å²) in [6.07, 6.45) is 4.54. The van der Waals surface area contributed by atoms with E-state index in [1.807, 2.05) is 0 Å². The molecule has 33 heavy (non-hydrogen) atoms. The van der Waals surface area contributed by atoms with Gasteiger partial charge in [-0.25, -0.2) is 9.69 Å². The van der Waals surface area contributed by atoms with Gasteiger partial charge in [-0.3, -0.25) is 19.3 Å². The number of hydrogen-bond acceptors (Lipinski definition) is 6. The Balaban J connectivity index is 1.38. The highest BCUT2D eigenvalue weighted by molar-refractivity contribution is 6.34. The first-order chi connectivity index (χ1) is 16.0. The number of carbonyl (C=O) groups excluding carboxylic acids is 4. The number of ketones is 1. The van der Waals surface area contributed by atoms with Crippen LogP contribution in [0.15, 0.2) is 48.5 Å². The number of anilines is 1. The van der Waals surface area contributed by atoms with Crippen molar-refractivity contribution < 1.29 is 23.9 Å². The largest absolute Gasteiger partial charge is 0.454 e. The summed E-state index contributed by atoms with van der Waals surface area (Å²) in [6.45, 7) is 1.22. The number of nitrogens with zero attached hydrogens (tertiary/aromatic N) is 2. The number of hydrogen-bond donors (Lipinski definition) is 0. The van der Waals surface area contributed by atoms with Crippen LogP contribution >= 0.6 is 11.6 Å². The molecule has 0 aliphatic carbocycles. The Morgan fingerprint density at radius 3 is 2.27 bits per heavy atom. The highest BCUT2D eigenvalue weighted by Crippen LogP contribution is 2.27. The molecule has 2 saturated heterocycles. The van der Waals surface area contributed by atoms with E-state index < -0.39 is 24.4 Å². The molecule has 0 aromatic heterocycles. The summed E-state index contributed by atoms with van der Waals surface area (Å²) < 4.78 is 5.11. The maximum Gasteiger partial charge on any atom is 0.338 e. The second-order valence-electron chi connectivity index (χ2n) is 8.26. The van der Waals surface area contributed by atoms with Crippen LogP contribution in [-0.4, -0.2) is 54.2 Å². The van der Waals surface area contributed by atoms with Gasteiger partial charge >= 0.3 is 5.97 Å². The van der Waals surface area contributed by atoms with E-state index in [1.54, 1.807) is 36.4 Å². The van der Waals surface area contributed by atoms with Gasteiger partial charge in [0.1, 0.15) is 0 Å². The molecule has 0 saturated carbocycles. The monoisotopic (exact) mass is 468 g/mol. The lowest BCUT2D eigenvalue weighted by atomic mass is 10.1. The van der Waals surface area contributed by atoms with E-state index in [2.05, 4.69) is 4.90 Å². The van der Waals surface area contributed by atoms with Crippen LogP contribution in [-0.2, 0) is 14.3 Å². The third-order valence-corrected chi connectivity index (χ3v) is 6.40. The third-order valence-electron chi connectivity index (χ3n) is 6.07. The van der Waals surface area contributed by atoms with E-state index >= 15 is 0 Å². The lowest BCUT2D eigenvalue weighted by Gasteiger charge is -2.25. The van der Waals surface area contributed by atoms with Crippen LogP contribution in [0, 0.1) is 0 Å².